The van der Waals surface area contributed by atoms with Crippen molar-refractivity contribution in [1.29, 1.82) is 0 Å². The number of hydrogen-bond acceptors (Lipinski definition) is 3. The van der Waals surface area contributed by atoms with E-state index >= 15 is 0 Å². The maximum absolute atomic E-state index is 11.2. The lowest BCUT2D eigenvalue weighted by atomic mass is 10.1. The van der Waals surface area contributed by atoms with Crippen molar-refractivity contribution in [1.82, 2.24) is 0 Å². The zero-order valence-corrected chi connectivity index (χ0v) is 8.42. The van der Waals surface area contributed by atoms with E-state index in [-0.39, 0.29) is 5.75 Å². The molecule has 0 atom stereocenters. The van der Waals surface area contributed by atoms with Gasteiger partial charge >= 0.3 is 0 Å². The molecule has 0 heterocycles. The maximum Gasteiger partial charge on any atom is 0.224 e. The average molecular weight is 214 g/mol. The van der Waals surface area contributed by atoms with Crippen molar-refractivity contribution in [3.63, 3.8) is 0 Å². The number of aromatic hydroxyl groups is 2. The van der Waals surface area contributed by atoms with Crippen LogP contribution in [-0.4, -0.2) is 10.2 Å². The fraction of sp³-hybridized carbons (Fsp3) is 0. The zero-order valence-electron chi connectivity index (χ0n) is 8.42. The molecule has 2 rings (SSSR count). The molecule has 3 heteroatoms. The molecule has 0 fully saturated rings. The first-order valence-electron chi connectivity index (χ1n) is 4.81. The molecule has 0 aliphatic heterocycles. The minimum atomic E-state index is -0.621. The second kappa shape index (κ2) is 4.06. The third-order valence-electron chi connectivity index (χ3n) is 2.31. The van der Waals surface area contributed by atoms with Crippen LogP contribution in [0.5, 0.6) is 11.5 Å². The van der Waals surface area contributed by atoms with Crippen LogP contribution >= 0.6 is 0 Å². The van der Waals surface area contributed by atoms with Gasteiger partial charge in [-0.25, -0.2) is 0 Å². The molecule has 2 aromatic rings. The van der Waals surface area contributed by atoms with E-state index in [4.69, 9.17) is 0 Å². The summed E-state index contributed by atoms with van der Waals surface area (Å²) in [5.74, 6) is -1.01. The van der Waals surface area contributed by atoms with Crippen LogP contribution in [0.1, 0.15) is 0 Å². The number of rotatable bonds is 1. The summed E-state index contributed by atoms with van der Waals surface area (Å²) in [6, 6.07) is 13.4. The van der Waals surface area contributed by atoms with E-state index in [1.165, 1.54) is 12.1 Å². The fourth-order valence-corrected chi connectivity index (χ4v) is 1.48. The Morgan fingerprint density at radius 3 is 2.12 bits per heavy atom. The normalized spacial score (nSPS) is 10.0. The minimum absolute atomic E-state index is 0.388. The van der Waals surface area contributed by atoms with Gasteiger partial charge in [-0.3, -0.25) is 4.79 Å². The summed E-state index contributed by atoms with van der Waals surface area (Å²) in [6.07, 6.45) is 0. The third-order valence-corrected chi connectivity index (χ3v) is 2.31. The van der Waals surface area contributed by atoms with E-state index < -0.39 is 11.2 Å². The van der Waals surface area contributed by atoms with Gasteiger partial charge in [0.1, 0.15) is 0 Å². The maximum atomic E-state index is 11.2. The molecule has 0 saturated heterocycles. The molecule has 2 aromatic carbocycles. The van der Waals surface area contributed by atoms with E-state index in [9.17, 15) is 15.0 Å². The van der Waals surface area contributed by atoms with Crippen molar-refractivity contribution in [2.24, 2.45) is 0 Å². The van der Waals surface area contributed by atoms with Gasteiger partial charge in [-0.2, -0.15) is 0 Å². The Morgan fingerprint density at radius 1 is 0.750 bits per heavy atom. The van der Waals surface area contributed by atoms with Crippen LogP contribution in [0.15, 0.2) is 53.3 Å². The predicted octanol–water partition coefficient (Wildman–Crippen LogP) is 2.13. The molecule has 0 aromatic heterocycles. The highest BCUT2D eigenvalue weighted by Gasteiger charge is 2.08. The van der Waals surface area contributed by atoms with Crippen molar-refractivity contribution >= 4 is 0 Å². The molecule has 0 spiro atoms. The Morgan fingerprint density at radius 2 is 1.44 bits per heavy atom. The molecule has 0 amide bonds. The molecule has 80 valence electrons. The highest BCUT2D eigenvalue weighted by molar-refractivity contribution is 5.72. The van der Waals surface area contributed by atoms with Gasteiger partial charge in [0.2, 0.25) is 11.2 Å². The lowest BCUT2D eigenvalue weighted by Gasteiger charge is -2.01. The van der Waals surface area contributed by atoms with Crippen molar-refractivity contribution in [3.8, 4) is 22.6 Å². The van der Waals surface area contributed by atoms with Crippen LogP contribution in [-0.2, 0) is 0 Å². The molecular formula is C13H10O3. The molecule has 0 saturated carbocycles. The Balaban J connectivity index is 2.74. The quantitative estimate of drug-likeness (QED) is 0.764. The van der Waals surface area contributed by atoms with E-state index in [1.54, 1.807) is 18.2 Å². The Bertz CT molecular complexity index is 562. The molecule has 0 aliphatic rings. The van der Waals surface area contributed by atoms with Gasteiger partial charge in [-0.15, -0.1) is 0 Å². The Hall–Kier alpha value is -2.29. The van der Waals surface area contributed by atoms with Crippen LogP contribution < -0.4 is 5.43 Å². The van der Waals surface area contributed by atoms with Crippen LogP contribution in [0.3, 0.4) is 0 Å². The van der Waals surface area contributed by atoms with Gasteiger partial charge in [-0.1, -0.05) is 42.5 Å². The summed E-state index contributed by atoms with van der Waals surface area (Å²) in [4.78, 5) is 11.2. The summed E-state index contributed by atoms with van der Waals surface area (Å²) >= 11 is 0. The summed E-state index contributed by atoms with van der Waals surface area (Å²) in [5.41, 5.74) is 0.575. The lowest BCUT2D eigenvalue weighted by molar-refractivity contribution is 0.403. The van der Waals surface area contributed by atoms with Crippen molar-refractivity contribution in [2.75, 3.05) is 0 Å². The second-order valence-electron chi connectivity index (χ2n) is 3.37. The highest BCUT2D eigenvalue weighted by atomic mass is 16.3. The Labute approximate surface area is 92.2 Å². The number of benzene rings is 1. The van der Waals surface area contributed by atoms with Crippen molar-refractivity contribution in [2.45, 2.75) is 0 Å². The summed E-state index contributed by atoms with van der Waals surface area (Å²) in [6.45, 7) is 0. The lowest BCUT2D eigenvalue weighted by Crippen LogP contribution is -1.92. The molecule has 0 bridgehead atoms. The first-order chi connectivity index (χ1) is 7.70. The van der Waals surface area contributed by atoms with Gasteiger partial charge in [0.05, 0.1) is 0 Å². The van der Waals surface area contributed by atoms with Gasteiger partial charge in [0, 0.05) is 5.56 Å². The van der Waals surface area contributed by atoms with Gasteiger partial charge < -0.3 is 10.2 Å². The predicted molar refractivity (Wildman–Crippen MR) is 61.5 cm³/mol. The van der Waals surface area contributed by atoms with Crippen LogP contribution in [0.4, 0.5) is 0 Å². The molecular weight excluding hydrogens is 204 g/mol. The van der Waals surface area contributed by atoms with Crippen molar-refractivity contribution in [3.05, 3.63) is 58.8 Å². The SMILES string of the molecule is O=c1cccc(-c2ccccc2)c(O)c1O. The van der Waals surface area contributed by atoms with Gasteiger partial charge in [0.15, 0.2) is 5.75 Å². The highest BCUT2D eigenvalue weighted by Crippen LogP contribution is 2.32. The topological polar surface area (TPSA) is 57.5 Å². The Kier molecular flexibility index (Phi) is 2.60. The van der Waals surface area contributed by atoms with Gasteiger partial charge in [0.25, 0.3) is 0 Å². The standard InChI is InChI=1S/C13H10O3/c14-11-8-4-7-10(12(15)13(11)16)9-5-2-1-3-6-9/h1-8H,(H2,14,15,16). The molecule has 0 radical (unpaired) electrons. The van der Waals surface area contributed by atoms with Crippen LogP contribution in [0, 0.1) is 0 Å². The molecule has 3 nitrogen and oxygen atoms in total. The van der Waals surface area contributed by atoms with E-state index in [1.807, 2.05) is 18.2 Å². The minimum Gasteiger partial charge on any atom is -0.504 e. The first-order valence-corrected chi connectivity index (χ1v) is 4.81. The molecule has 0 unspecified atom stereocenters. The largest absolute Gasteiger partial charge is 0.504 e. The summed E-state index contributed by atoms with van der Waals surface area (Å²) in [7, 11) is 0. The van der Waals surface area contributed by atoms with Crippen LogP contribution in [0.2, 0.25) is 0 Å². The van der Waals surface area contributed by atoms with E-state index in [0.29, 0.717) is 5.56 Å². The summed E-state index contributed by atoms with van der Waals surface area (Å²) in [5, 5.41) is 19.2. The van der Waals surface area contributed by atoms with Gasteiger partial charge in [-0.05, 0) is 11.6 Å². The number of hydrogen-bond donors (Lipinski definition) is 2. The van der Waals surface area contributed by atoms with E-state index in [0.717, 1.165) is 5.56 Å². The monoisotopic (exact) mass is 214 g/mol. The molecule has 16 heavy (non-hydrogen) atoms. The average Bonchev–Trinajstić information content (AvgIpc) is 2.44. The van der Waals surface area contributed by atoms with Crippen LogP contribution in [0.25, 0.3) is 11.1 Å². The van der Waals surface area contributed by atoms with E-state index in [2.05, 4.69) is 0 Å². The third kappa shape index (κ3) is 1.75. The van der Waals surface area contributed by atoms with Crippen molar-refractivity contribution < 1.29 is 10.2 Å². The fourth-order valence-electron chi connectivity index (χ4n) is 1.48. The smallest absolute Gasteiger partial charge is 0.224 e. The second-order valence-corrected chi connectivity index (χ2v) is 3.37. The molecule has 0 aliphatic carbocycles. The first kappa shape index (κ1) is 10.2. The summed E-state index contributed by atoms with van der Waals surface area (Å²) < 4.78 is 0. The molecule has 2 N–H and O–H groups in total. The zero-order chi connectivity index (χ0) is 11.5.